The van der Waals surface area contributed by atoms with Crippen molar-refractivity contribution in [2.45, 2.75) is 36.7 Å². The van der Waals surface area contributed by atoms with Gasteiger partial charge in [0.25, 0.3) is 0 Å². The van der Waals surface area contributed by atoms with E-state index >= 15 is 0 Å². The zero-order valence-electron chi connectivity index (χ0n) is 5.39. The van der Waals surface area contributed by atoms with E-state index in [1.807, 2.05) is 6.92 Å². The molecule has 0 saturated carbocycles. The predicted octanol–water partition coefficient (Wildman–Crippen LogP) is 1.97. The summed E-state index contributed by atoms with van der Waals surface area (Å²) in [4.78, 5) is 0. The molecule has 0 aromatic heterocycles. The Hall–Kier alpha value is 0.690. The Morgan fingerprint density at radius 2 is 1.88 bits per heavy atom. The summed E-state index contributed by atoms with van der Waals surface area (Å²) in [5.41, 5.74) is 0. The van der Waals surface area contributed by atoms with E-state index in [1.54, 1.807) is 0 Å². The maximum absolute atomic E-state index is 8.80. The van der Waals surface area contributed by atoms with Gasteiger partial charge in [-0.2, -0.15) is 0 Å². The normalized spacial score (nSPS) is 18.0. The van der Waals surface area contributed by atoms with E-state index in [0.717, 1.165) is 12.8 Å². The van der Waals surface area contributed by atoms with Gasteiger partial charge in [-0.15, -0.1) is 0 Å². The monoisotopic (exact) mass is 228 g/mol. The zero-order chi connectivity index (χ0) is 6.57. The first kappa shape index (κ1) is 8.69. The summed E-state index contributed by atoms with van der Waals surface area (Å²) in [5.74, 6) is 0. The van der Waals surface area contributed by atoms with Crippen LogP contribution < -0.4 is 0 Å². The van der Waals surface area contributed by atoms with E-state index in [0.29, 0.717) is 3.92 Å². The van der Waals surface area contributed by atoms with Crippen molar-refractivity contribution in [2.24, 2.45) is 0 Å². The van der Waals surface area contributed by atoms with Gasteiger partial charge < -0.3 is 5.11 Å². The maximum Gasteiger partial charge on any atom is 0.0512 e. The van der Waals surface area contributed by atoms with Crippen LogP contribution in [0.2, 0.25) is 0 Å². The minimum atomic E-state index is -0.118. The smallest absolute Gasteiger partial charge is 0.0512 e. The summed E-state index contributed by atoms with van der Waals surface area (Å²) in [6.45, 7) is 3.99. The molecular formula is C6H13IO. The average molecular weight is 228 g/mol. The van der Waals surface area contributed by atoms with Crippen LogP contribution in [0.25, 0.3) is 0 Å². The predicted molar refractivity (Wildman–Crippen MR) is 44.4 cm³/mol. The highest BCUT2D eigenvalue weighted by molar-refractivity contribution is 14.1. The van der Waals surface area contributed by atoms with Crippen LogP contribution in [-0.4, -0.2) is 15.1 Å². The molecule has 1 nitrogen and oxygen atoms in total. The largest absolute Gasteiger partial charge is 0.393 e. The molecule has 0 heterocycles. The van der Waals surface area contributed by atoms with Gasteiger partial charge in [0.15, 0.2) is 0 Å². The van der Waals surface area contributed by atoms with Crippen LogP contribution in [0.4, 0.5) is 0 Å². The van der Waals surface area contributed by atoms with Crippen LogP contribution in [-0.2, 0) is 0 Å². The number of hydrogen-bond acceptors (Lipinski definition) is 1. The molecule has 8 heavy (non-hydrogen) atoms. The van der Waals surface area contributed by atoms with Crippen molar-refractivity contribution in [1.29, 1.82) is 0 Å². The van der Waals surface area contributed by atoms with Crippen molar-refractivity contribution in [1.82, 2.24) is 0 Å². The Morgan fingerprint density at radius 1 is 1.38 bits per heavy atom. The number of rotatable bonds is 3. The van der Waals surface area contributed by atoms with Gasteiger partial charge in [0, 0.05) is 3.92 Å². The molecular weight excluding hydrogens is 215 g/mol. The first-order valence-corrected chi connectivity index (χ1v) is 4.19. The second kappa shape index (κ2) is 4.56. The highest BCUT2D eigenvalue weighted by atomic mass is 127. The van der Waals surface area contributed by atoms with Crippen LogP contribution in [0, 0.1) is 0 Å². The molecule has 0 aliphatic heterocycles. The van der Waals surface area contributed by atoms with E-state index in [-0.39, 0.29) is 6.10 Å². The fourth-order valence-corrected chi connectivity index (χ4v) is 0.830. The molecule has 0 aromatic rings. The van der Waals surface area contributed by atoms with Gasteiger partial charge in [-0.3, -0.25) is 0 Å². The summed E-state index contributed by atoms with van der Waals surface area (Å²) in [6, 6.07) is 0. The third-order valence-electron chi connectivity index (χ3n) is 0.982. The standard InChI is InChI=1S/C6H13IO/c1-5(7)3-4-6(2)8/h5-6,8H,3-4H2,1-2H3. The van der Waals surface area contributed by atoms with E-state index in [4.69, 9.17) is 5.11 Å². The Balaban J connectivity index is 2.93. The third kappa shape index (κ3) is 6.69. The van der Waals surface area contributed by atoms with Crippen molar-refractivity contribution in [2.75, 3.05) is 0 Å². The number of alkyl halides is 1. The molecule has 2 heteroatoms. The van der Waals surface area contributed by atoms with Crippen molar-refractivity contribution < 1.29 is 5.11 Å². The van der Waals surface area contributed by atoms with E-state index in [9.17, 15) is 0 Å². The van der Waals surface area contributed by atoms with Crippen molar-refractivity contribution >= 4 is 22.6 Å². The summed E-state index contributed by atoms with van der Waals surface area (Å²) < 4.78 is 0.696. The summed E-state index contributed by atoms with van der Waals surface area (Å²) in [5, 5.41) is 8.80. The van der Waals surface area contributed by atoms with E-state index in [1.165, 1.54) is 0 Å². The van der Waals surface area contributed by atoms with E-state index < -0.39 is 0 Å². The highest BCUT2D eigenvalue weighted by Crippen LogP contribution is 2.08. The van der Waals surface area contributed by atoms with Gasteiger partial charge in [-0.05, 0) is 19.8 Å². The SMILES string of the molecule is CC(O)CCC(C)I. The lowest BCUT2D eigenvalue weighted by Gasteiger charge is -2.03. The molecule has 50 valence electrons. The fraction of sp³-hybridized carbons (Fsp3) is 1.00. The van der Waals surface area contributed by atoms with E-state index in [2.05, 4.69) is 29.5 Å². The number of aliphatic hydroxyl groups is 1. The highest BCUT2D eigenvalue weighted by Gasteiger charge is 1.98. The first-order chi connectivity index (χ1) is 3.63. The van der Waals surface area contributed by atoms with Crippen LogP contribution in [0.1, 0.15) is 26.7 Å². The summed E-state index contributed by atoms with van der Waals surface area (Å²) in [7, 11) is 0. The molecule has 0 fully saturated rings. The molecule has 0 amide bonds. The van der Waals surface area contributed by atoms with Crippen LogP contribution in [0.5, 0.6) is 0 Å². The Bertz CT molecular complexity index is 44.5. The Kier molecular flexibility index (Phi) is 4.95. The van der Waals surface area contributed by atoms with Gasteiger partial charge in [0.2, 0.25) is 0 Å². The Labute approximate surface area is 64.6 Å². The summed E-state index contributed by atoms with van der Waals surface area (Å²) in [6.07, 6.45) is 1.94. The second-order valence-electron chi connectivity index (χ2n) is 2.21. The third-order valence-corrected chi connectivity index (χ3v) is 1.61. The molecule has 2 unspecified atom stereocenters. The second-order valence-corrected chi connectivity index (χ2v) is 4.33. The topological polar surface area (TPSA) is 20.2 Å². The van der Waals surface area contributed by atoms with Crippen molar-refractivity contribution in [3.63, 3.8) is 0 Å². The molecule has 1 N–H and O–H groups in total. The minimum absolute atomic E-state index is 0.118. The minimum Gasteiger partial charge on any atom is -0.393 e. The zero-order valence-corrected chi connectivity index (χ0v) is 7.55. The molecule has 0 aromatic carbocycles. The number of halogens is 1. The van der Waals surface area contributed by atoms with Crippen LogP contribution in [0.15, 0.2) is 0 Å². The molecule has 0 aliphatic carbocycles. The summed E-state index contributed by atoms with van der Waals surface area (Å²) >= 11 is 2.36. The van der Waals surface area contributed by atoms with Crippen molar-refractivity contribution in [3.05, 3.63) is 0 Å². The first-order valence-electron chi connectivity index (χ1n) is 2.95. The molecule has 0 bridgehead atoms. The Morgan fingerprint density at radius 3 is 2.00 bits per heavy atom. The number of aliphatic hydroxyl groups excluding tert-OH is 1. The van der Waals surface area contributed by atoms with Gasteiger partial charge in [0.1, 0.15) is 0 Å². The van der Waals surface area contributed by atoms with Gasteiger partial charge in [-0.25, -0.2) is 0 Å². The van der Waals surface area contributed by atoms with Gasteiger partial charge in [0.05, 0.1) is 6.10 Å². The average Bonchev–Trinajstić information content (AvgIpc) is 1.61. The van der Waals surface area contributed by atoms with Crippen molar-refractivity contribution in [3.8, 4) is 0 Å². The molecule has 0 spiro atoms. The van der Waals surface area contributed by atoms with Gasteiger partial charge >= 0.3 is 0 Å². The lowest BCUT2D eigenvalue weighted by atomic mass is 10.2. The molecule has 2 atom stereocenters. The lowest BCUT2D eigenvalue weighted by molar-refractivity contribution is 0.182. The lowest BCUT2D eigenvalue weighted by Crippen LogP contribution is -2.02. The van der Waals surface area contributed by atoms with Crippen LogP contribution in [0.3, 0.4) is 0 Å². The maximum atomic E-state index is 8.80. The molecule has 0 saturated heterocycles. The van der Waals surface area contributed by atoms with Gasteiger partial charge in [-0.1, -0.05) is 29.5 Å². The molecule has 0 radical (unpaired) electrons. The molecule has 0 aliphatic rings. The fourth-order valence-electron chi connectivity index (χ4n) is 0.471. The van der Waals surface area contributed by atoms with Crippen LogP contribution >= 0.6 is 22.6 Å². The quantitative estimate of drug-likeness (QED) is 0.578. The number of hydrogen-bond donors (Lipinski definition) is 1. The molecule has 0 rings (SSSR count).